The highest BCUT2D eigenvalue weighted by Gasteiger charge is 2.03. The summed E-state index contributed by atoms with van der Waals surface area (Å²) in [6.45, 7) is 0. The molecule has 86 valence electrons. The number of rotatable bonds is 3. The van der Waals surface area contributed by atoms with Crippen LogP contribution in [0.1, 0.15) is 5.69 Å². The van der Waals surface area contributed by atoms with E-state index in [0.29, 0.717) is 22.2 Å². The molecule has 0 atom stereocenters. The molecule has 0 amide bonds. The Morgan fingerprint density at radius 3 is 2.59 bits per heavy atom. The first kappa shape index (κ1) is 11.8. The molecule has 0 saturated carbocycles. The van der Waals surface area contributed by atoms with Crippen molar-refractivity contribution in [1.29, 1.82) is 0 Å². The number of aromatic nitrogens is 1. The molecule has 0 bridgehead atoms. The van der Waals surface area contributed by atoms with Gasteiger partial charge in [-0.15, -0.1) is 0 Å². The van der Waals surface area contributed by atoms with Gasteiger partial charge >= 0.3 is 0 Å². The Morgan fingerprint density at radius 2 is 2.00 bits per heavy atom. The second kappa shape index (κ2) is 5.12. The number of para-hydroxylation sites is 1. The molecule has 0 aliphatic heterocycles. The molecule has 1 aromatic carbocycles. The molecule has 1 heterocycles. The average molecular weight is 265 g/mol. The molecular weight excluding hydrogens is 256 g/mol. The van der Waals surface area contributed by atoms with E-state index in [-0.39, 0.29) is 4.99 Å². The van der Waals surface area contributed by atoms with Crippen molar-refractivity contribution >= 4 is 28.8 Å². The van der Waals surface area contributed by atoms with Crippen molar-refractivity contribution in [3.8, 4) is 11.5 Å². The lowest BCUT2D eigenvalue weighted by Gasteiger charge is -2.07. The van der Waals surface area contributed by atoms with Crippen molar-refractivity contribution in [2.45, 2.75) is 0 Å². The van der Waals surface area contributed by atoms with Crippen LogP contribution in [0.5, 0.6) is 11.5 Å². The van der Waals surface area contributed by atoms with Crippen molar-refractivity contribution in [1.82, 2.24) is 4.98 Å². The maximum atomic E-state index is 5.97. The van der Waals surface area contributed by atoms with Crippen LogP contribution in [0.4, 0.5) is 0 Å². The number of ether oxygens (including phenoxy) is 1. The fourth-order valence-corrected chi connectivity index (χ4v) is 1.54. The van der Waals surface area contributed by atoms with Crippen LogP contribution in [0, 0.1) is 0 Å². The zero-order valence-corrected chi connectivity index (χ0v) is 10.3. The molecule has 5 heteroatoms. The monoisotopic (exact) mass is 264 g/mol. The maximum Gasteiger partial charge on any atom is 0.146 e. The lowest BCUT2D eigenvalue weighted by atomic mass is 10.3. The van der Waals surface area contributed by atoms with E-state index in [1.807, 2.05) is 12.1 Å². The fourth-order valence-electron chi connectivity index (χ4n) is 1.24. The van der Waals surface area contributed by atoms with E-state index in [2.05, 4.69) is 4.98 Å². The van der Waals surface area contributed by atoms with Gasteiger partial charge in [0.2, 0.25) is 0 Å². The lowest BCUT2D eigenvalue weighted by molar-refractivity contribution is 0.480. The Balaban J connectivity index is 2.20. The zero-order chi connectivity index (χ0) is 12.3. The van der Waals surface area contributed by atoms with Crippen LogP contribution in [-0.2, 0) is 0 Å². The number of thiocarbonyl (C=S) groups is 1. The number of nitrogens with two attached hydrogens (primary N) is 1. The van der Waals surface area contributed by atoms with Gasteiger partial charge in [-0.3, -0.25) is 0 Å². The summed E-state index contributed by atoms with van der Waals surface area (Å²) >= 11 is 10.8. The Bertz CT molecular complexity index is 542. The van der Waals surface area contributed by atoms with E-state index >= 15 is 0 Å². The van der Waals surface area contributed by atoms with Crippen LogP contribution in [0.3, 0.4) is 0 Å². The molecule has 0 radical (unpaired) electrons. The first-order valence-corrected chi connectivity index (χ1v) is 5.63. The average Bonchev–Trinajstić information content (AvgIpc) is 2.33. The largest absolute Gasteiger partial charge is 0.454 e. The Kier molecular flexibility index (Phi) is 3.56. The highest BCUT2D eigenvalue weighted by molar-refractivity contribution is 7.80. The topological polar surface area (TPSA) is 48.1 Å². The van der Waals surface area contributed by atoms with Gasteiger partial charge in [-0.2, -0.15) is 0 Å². The SMILES string of the molecule is NC(=S)c1ccc(Oc2ccccc2Cl)cn1. The van der Waals surface area contributed by atoms with Gasteiger partial charge in [0.05, 0.1) is 16.9 Å². The summed E-state index contributed by atoms with van der Waals surface area (Å²) in [5, 5.41) is 0.547. The van der Waals surface area contributed by atoms with E-state index in [9.17, 15) is 0 Å². The van der Waals surface area contributed by atoms with Gasteiger partial charge in [0, 0.05) is 0 Å². The highest BCUT2D eigenvalue weighted by atomic mass is 35.5. The van der Waals surface area contributed by atoms with Crippen LogP contribution in [0.15, 0.2) is 42.6 Å². The molecule has 2 rings (SSSR count). The Hall–Kier alpha value is -1.65. The van der Waals surface area contributed by atoms with E-state index in [1.165, 1.54) is 0 Å². The Morgan fingerprint density at radius 1 is 1.24 bits per heavy atom. The third-order valence-corrected chi connectivity index (χ3v) is 2.57. The van der Waals surface area contributed by atoms with Gasteiger partial charge in [-0.1, -0.05) is 36.0 Å². The lowest BCUT2D eigenvalue weighted by Crippen LogP contribution is -2.10. The summed E-state index contributed by atoms with van der Waals surface area (Å²) in [5.74, 6) is 1.16. The molecule has 0 unspecified atom stereocenters. The number of hydrogen-bond donors (Lipinski definition) is 1. The first-order valence-electron chi connectivity index (χ1n) is 4.85. The standard InChI is InChI=1S/C12H9ClN2OS/c13-9-3-1-2-4-11(9)16-8-5-6-10(12(14)17)15-7-8/h1-7H,(H2,14,17). The second-order valence-electron chi connectivity index (χ2n) is 3.28. The number of nitrogens with zero attached hydrogens (tertiary/aromatic N) is 1. The van der Waals surface area contributed by atoms with Crippen LogP contribution >= 0.6 is 23.8 Å². The molecule has 0 aliphatic carbocycles. The molecule has 0 aliphatic rings. The van der Waals surface area contributed by atoms with Gasteiger partial charge in [-0.05, 0) is 24.3 Å². The maximum absolute atomic E-state index is 5.97. The quantitative estimate of drug-likeness (QED) is 0.865. The van der Waals surface area contributed by atoms with Crippen molar-refractivity contribution in [3.05, 3.63) is 53.3 Å². The minimum Gasteiger partial charge on any atom is -0.454 e. The predicted molar refractivity (Wildman–Crippen MR) is 71.7 cm³/mol. The third kappa shape index (κ3) is 2.93. The number of pyridine rings is 1. The normalized spacial score (nSPS) is 9.94. The minimum atomic E-state index is 0.259. The summed E-state index contributed by atoms with van der Waals surface area (Å²) < 4.78 is 5.57. The fraction of sp³-hybridized carbons (Fsp3) is 0. The van der Waals surface area contributed by atoms with E-state index in [1.54, 1.807) is 30.5 Å². The number of benzene rings is 1. The molecule has 1 aromatic heterocycles. The molecule has 3 nitrogen and oxygen atoms in total. The van der Waals surface area contributed by atoms with Crippen molar-refractivity contribution in [2.75, 3.05) is 0 Å². The summed E-state index contributed by atoms with van der Waals surface area (Å²) in [7, 11) is 0. The molecular formula is C12H9ClN2OS. The number of halogens is 1. The van der Waals surface area contributed by atoms with Crippen LogP contribution in [-0.4, -0.2) is 9.97 Å². The highest BCUT2D eigenvalue weighted by Crippen LogP contribution is 2.28. The smallest absolute Gasteiger partial charge is 0.146 e. The molecule has 17 heavy (non-hydrogen) atoms. The third-order valence-electron chi connectivity index (χ3n) is 2.05. The Labute approximate surface area is 109 Å². The van der Waals surface area contributed by atoms with E-state index in [0.717, 1.165) is 0 Å². The predicted octanol–water partition coefficient (Wildman–Crippen LogP) is 3.16. The molecule has 2 N–H and O–H groups in total. The van der Waals surface area contributed by atoms with E-state index < -0.39 is 0 Å². The van der Waals surface area contributed by atoms with Crippen molar-refractivity contribution in [2.24, 2.45) is 5.73 Å². The van der Waals surface area contributed by atoms with Gasteiger partial charge in [0.1, 0.15) is 16.5 Å². The second-order valence-corrected chi connectivity index (χ2v) is 4.12. The van der Waals surface area contributed by atoms with Crippen LogP contribution in [0.2, 0.25) is 5.02 Å². The summed E-state index contributed by atoms with van der Waals surface area (Å²) in [6, 6.07) is 10.7. The first-order chi connectivity index (χ1) is 8.16. The zero-order valence-electron chi connectivity index (χ0n) is 8.76. The summed E-state index contributed by atoms with van der Waals surface area (Å²) in [5.41, 5.74) is 6.01. The van der Waals surface area contributed by atoms with Crippen molar-refractivity contribution in [3.63, 3.8) is 0 Å². The molecule has 0 spiro atoms. The van der Waals surface area contributed by atoms with Gasteiger partial charge in [-0.25, -0.2) is 4.98 Å². The molecule has 2 aromatic rings. The van der Waals surface area contributed by atoms with Gasteiger partial charge < -0.3 is 10.5 Å². The summed E-state index contributed by atoms with van der Waals surface area (Å²) in [4.78, 5) is 4.33. The van der Waals surface area contributed by atoms with Gasteiger partial charge in [0.15, 0.2) is 0 Å². The minimum absolute atomic E-state index is 0.259. The number of hydrogen-bond acceptors (Lipinski definition) is 3. The summed E-state index contributed by atoms with van der Waals surface area (Å²) in [6.07, 6.45) is 1.55. The molecule has 0 saturated heterocycles. The van der Waals surface area contributed by atoms with Crippen molar-refractivity contribution < 1.29 is 4.74 Å². The molecule has 0 fully saturated rings. The van der Waals surface area contributed by atoms with Crippen LogP contribution < -0.4 is 10.5 Å². The van der Waals surface area contributed by atoms with E-state index in [4.69, 9.17) is 34.3 Å². The van der Waals surface area contributed by atoms with Gasteiger partial charge in [0.25, 0.3) is 0 Å². The van der Waals surface area contributed by atoms with Crippen LogP contribution in [0.25, 0.3) is 0 Å².